The Bertz CT molecular complexity index is 131. The second-order valence-electron chi connectivity index (χ2n) is 1.62. The standard InChI is InChI=1S/C6H9NS2/c1-2-3-8-6-4-7-9-5-6/h2,4,7H,1,3,5H2. The van der Waals surface area contributed by atoms with Crippen LogP contribution in [-0.2, 0) is 0 Å². The van der Waals surface area contributed by atoms with Crippen molar-refractivity contribution in [1.29, 1.82) is 0 Å². The molecule has 0 atom stereocenters. The summed E-state index contributed by atoms with van der Waals surface area (Å²) in [6.45, 7) is 3.65. The number of nitrogens with one attached hydrogen (secondary N) is 1. The van der Waals surface area contributed by atoms with Gasteiger partial charge in [-0.05, 0) is 11.9 Å². The van der Waals surface area contributed by atoms with Crippen molar-refractivity contribution < 1.29 is 0 Å². The van der Waals surface area contributed by atoms with Crippen LogP contribution in [0.1, 0.15) is 0 Å². The van der Waals surface area contributed by atoms with E-state index in [0.29, 0.717) is 0 Å². The Morgan fingerprint density at radius 1 is 2.00 bits per heavy atom. The molecule has 0 aromatic carbocycles. The molecular weight excluding hydrogens is 150 g/mol. The van der Waals surface area contributed by atoms with Gasteiger partial charge < -0.3 is 4.72 Å². The first-order valence-electron chi connectivity index (χ1n) is 2.73. The van der Waals surface area contributed by atoms with Crippen LogP contribution in [0.3, 0.4) is 0 Å². The van der Waals surface area contributed by atoms with E-state index in [1.807, 2.05) is 17.8 Å². The van der Waals surface area contributed by atoms with Crippen molar-refractivity contribution in [2.75, 3.05) is 11.5 Å². The van der Waals surface area contributed by atoms with Crippen LogP contribution in [0.4, 0.5) is 0 Å². The van der Waals surface area contributed by atoms with Gasteiger partial charge in [0.25, 0.3) is 0 Å². The maximum atomic E-state index is 3.65. The fourth-order valence-electron chi connectivity index (χ4n) is 0.511. The van der Waals surface area contributed by atoms with Gasteiger partial charge in [0.2, 0.25) is 0 Å². The molecule has 0 fully saturated rings. The van der Waals surface area contributed by atoms with Crippen LogP contribution in [0.2, 0.25) is 0 Å². The molecule has 0 amide bonds. The maximum absolute atomic E-state index is 3.65. The molecule has 0 saturated carbocycles. The van der Waals surface area contributed by atoms with Crippen molar-refractivity contribution in [3.8, 4) is 0 Å². The molecule has 0 aromatic rings. The summed E-state index contributed by atoms with van der Waals surface area (Å²) in [5.41, 5.74) is 0. The van der Waals surface area contributed by atoms with E-state index in [1.54, 1.807) is 11.9 Å². The molecule has 0 aliphatic carbocycles. The van der Waals surface area contributed by atoms with Gasteiger partial charge in [-0.3, -0.25) is 0 Å². The van der Waals surface area contributed by atoms with Crippen LogP contribution in [0.25, 0.3) is 0 Å². The zero-order chi connectivity index (χ0) is 6.53. The lowest BCUT2D eigenvalue weighted by Crippen LogP contribution is -1.78. The van der Waals surface area contributed by atoms with Gasteiger partial charge in [-0.25, -0.2) is 0 Å². The molecule has 0 saturated heterocycles. The minimum atomic E-state index is 1.02. The van der Waals surface area contributed by atoms with E-state index >= 15 is 0 Å². The summed E-state index contributed by atoms with van der Waals surface area (Å²) in [5, 5.41) is 0. The predicted molar refractivity (Wildman–Crippen MR) is 46.3 cm³/mol. The van der Waals surface area contributed by atoms with Crippen molar-refractivity contribution in [2.24, 2.45) is 0 Å². The Kier molecular flexibility index (Phi) is 3.08. The molecule has 1 heterocycles. The van der Waals surface area contributed by atoms with Gasteiger partial charge >= 0.3 is 0 Å². The fraction of sp³-hybridized carbons (Fsp3) is 0.333. The van der Waals surface area contributed by atoms with Crippen molar-refractivity contribution in [3.63, 3.8) is 0 Å². The van der Waals surface area contributed by atoms with E-state index in [1.165, 1.54) is 4.91 Å². The molecule has 9 heavy (non-hydrogen) atoms. The van der Waals surface area contributed by atoms with Crippen LogP contribution in [0.15, 0.2) is 23.8 Å². The average molecular weight is 159 g/mol. The van der Waals surface area contributed by atoms with E-state index in [0.717, 1.165) is 11.5 Å². The highest BCUT2D eigenvalue weighted by molar-refractivity contribution is 8.06. The molecule has 1 aliphatic rings. The molecule has 1 nitrogen and oxygen atoms in total. The van der Waals surface area contributed by atoms with E-state index in [9.17, 15) is 0 Å². The van der Waals surface area contributed by atoms with Crippen LogP contribution in [-0.4, -0.2) is 11.5 Å². The quantitative estimate of drug-likeness (QED) is 0.499. The van der Waals surface area contributed by atoms with Gasteiger partial charge in [0.05, 0.1) is 0 Å². The van der Waals surface area contributed by atoms with Crippen molar-refractivity contribution in [2.45, 2.75) is 0 Å². The highest BCUT2D eigenvalue weighted by Gasteiger charge is 2.02. The fourth-order valence-corrected chi connectivity index (χ4v) is 2.10. The van der Waals surface area contributed by atoms with Gasteiger partial charge in [0.1, 0.15) is 0 Å². The lowest BCUT2D eigenvalue weighted by atomic mass is 10.7. The summed E-state index contributed by atoms with van der Waals surface area (Å²) < 4.78 is 3.08. The molecule has 0 radical (unpaired) electrons. The Hall–Kier alpha value is -0.0200. The Morgan fingerprint density at radius 2 is 2.89 bits per heavy atom. The SMILES string of the molecule is C=CCSC1=CNSC1. The first kappa shape index (κ1) is 7.09. The third-order valence-corrected chi connectivity index (χ3v) is 2.86. The minimum Gasteiger partial charge on any atom is -0.335 e. The predicted octanol–water partition coefficient (Wildman–Crippen LogP) is 2.00. The van der Waals surface area contributed by atoms with Gasteiger partial charge in [-0.15, -0.1) is 18.3 Å². The number of hydrogen-bond acceptors (Lipinski definition) is 3. The summed E-state index contributed by atoms with van der Waals surface area (Å²) in [6, 6.07) is 0. The molecule has 0 aromatic heterocycles. The molecule has 1 N–H and O–H groups in total. The third kappa shape index (κ3) is 2.37. The number of rotatable bonds is 3. The Morgan fingerprint density at radius 3 is 3.44 bits per heavy atom. The summed E-state index contributed by atoms with van der Waals surface area (Å²) >= 11 is 3.58. The van der Waals surface area contributed by atoms with Gasteiger partial charge in [0, 0.05) is 22.6 Å². The van der Waals surface area contributed by atoms with Crippen LogP contribution in [0, 0.1) is 0 Å². The first-order chi connectivity index (χ1) is 4.43. The second kappa shape index (κ2) is 3.90. The van der Waals surface area contributed by atoms with Crippen molar-refractivity contribution in [1.82, 2.24) is 4.72 Å². The molecular formula is C6H9NS2. The van der Waals surface area contributed by atoms with Crippen molar-refractivity contribution in [3.05, 3.63) is 23.8 Å². The van der Waals surface area contributed by atoms with Gasteiger partial charge in [-0.1, -0.05) is 6.08 Å². The molecule has 0 bridgehead atoms. The molecule has 1 rings (SSSR count). The molecule has 0 spiro atoms. The molecule has 1 aliphatic heterocycles. The topological polar surface area (TPSA) is 12.0 Å². The third-order valence-electron chi connectivity index (χ3n) is 0.904. The van der Waals surface area contributed by atoms with E-state index in [2.05, 4.69) is 17.5 Å². The number of hydrogen-bond donors (Lipinski definition) is 1. The smallest absolute Gasteiger partial charge is 0.0458 e. The van der Waals surface area contributed by atoms with Crippen LogP contribution >= 0.6 is 23.7 Å². The maximum Gasteiger partial charge on any atom is 0.0458 e. The largest absolute Gasteiger partial charge is 0.335 e. The van der Waals surface area contributed by atoms with Crippen LogP contribution < -0.4 is 4.72 Å². The molecule has 50 valence electrons. The highest BCUT2D eigenvalue weighted by atomic mass is 32.2. The van der Waals surface area contributed by atoms with E-state index in [4.69, 9.17) is 0 Å². The Labute approximate surface area is 64.1 Å². The highest BCUT2D eigenvalue weighted by Crippen LogP contribution is 2.23. The monoisotopic (exact) mass is 159 g/mol. The normalized spacial score (nSPS) is 16.7. The molecule has 3 heteroatoms. The Balaban J connectivity index is 2.18. The lowest BCUT2D eigenvalue weighted by molar-refractivity contribution is 1.45. The zero-order valence-corrected chi connectivity index (χ0v) is 6.73. The second-order valence-corrected chi connectivity index (χ2v) is 3.58. The van der Waals surface area contributed by atoms with Crippen molar-refractivity contribution >= 4 is 23.7 Å². The minimum absolute atomic E-state index is 1.02. The summed E-state index contributed by atoms with van der Waals surface area (Å²) in [6.07, 6.45) is 3.98. The summed E-state index contributed by atoms with van der Waals surface area (Å²) in [5.74, 6) is 2.13. The van der Waals surface area contributed by atoms with Gasteiger partial charge in [0.15, 0.2) is 0 Å². The average Bonchev–Trinajstić information content (AvgIpc) is 2.34. The van der Waals surface area contributed by atoms with E-state index in [-0.39, 0.29) is 0 Å². The van der Waals surface area contributed by atoms with Gasteiger partial charge in [-0.2, -0.15) is 0 Å². The summed E-state index contributed by atoms with van der Waals surface area (Å²) in [4.78, 5) is 1.42. The number of thioether (sulfide) groups is 1. The van der Waals surface area contributed by atoms with Crippen LogP contribution in [0.5, 0.6) is 0 Å². The van der Waals surface area contributed by atoms with E-state index < -0.39 is 0 Å². The molecule has 0 unspecified atom stereocenters. The first-order valence-corrected chi connectivity index (χ1v) is 4.70. The summed E-state index contributed by atoms with van der Waals surface area (Å²) in [7, 11) is 0. The lowest BCUT2D eigenvalue weighted by Gasteiger charge is -1.92. The zero-order valence-electron chi connectivity index (χ0n) is 5.09.